The van der Waals surface area contributed by atoms with Crippen molar-refractivity contribution in [2.45, 2.75) is 0 Å². The van der Waals surface area contributed by atoms with E-state index in [2.05, 4.69) is 0 Å². The van der Waals surface area contributed by atoms with Gasteiger partial charge < -0.3 is 27.9 Å². The van der Waals surface area contributed by atoms with Crippen LogP contribution in [-0.2, 0) is 13.7 Å². The summed E-state index contributed by atoms with van der Waals surface area (Å²) in [5, 5.41) is 1.43. The van der Waals surface area contributed by atoms with Crippen molar-refractivity contribution in [3.63, 3.8) is 0 Å². The highest BCUT2D eigenvalue weighted by atomic mass is 35.5. The highest BCUT2D eigenvalue weighted by molar-refractivity contribution is 6.87. The first-order valence-corrected chi connectivity index (χ1v) is 11.0. The molecule has 1 fully saturated rings. The Morgan fingerprint density at radius 3 is 1.03 bits per heavy atom. The van der Waals surface area contributed by atoms with Gasteiger partial charge in [-0.15, -0.1) is 0 Å². The summed E-state index contributed by atoms with van der Waals surface area (Å²) >= 11 is 18.6. The second-order valence-electron chi connectivity index (χ2n) is 7.09. The molecule has 33 heavy (non-hydrogen) atoms. The number of rotatable bonds is 6. The highest BCUT2D eigenvalue weighted by Gasteiger charge is 2.44. The van der Waals surface area contributed by atoms with Gasteiger partial charge in [0.1, 0.15) is 17.2 Å². The van der Waals surface area contributed by atoms with Crippen LogP contribution in [0.15, 0.2) is 54.6 Å². The molecule has 3 aromatic carbocycles. The van der Waals surface area contributed by atoms with Gasteiger partial charge in [0.2, 0.25) is 0 Å². The van der Waals surface area contributed by atoms with E-state index in [9.17, 15) is 0 Å². The lowest BCUT2D eigenvalue weighted by Crippen LogP contribution is -2.61. The van der Waals surface area contributed by atoms with Crippen LogP contribution in [0.3, 0.4) is 0 Å². The molecule has 0 aliphatic carbocycles. The molecule has 1 heterocycles. The molecule has 0 spiro atoms. The number of benzene rings is 3. The van der Waals surface area contributed by atoms with Gasteiger partial charge in [-0.05, 0) is 52.8 Å². The van der Waals surface area contributed by atoms with Crippen molar-refractivity contribution in [3.8, 4) is 17.2 Å². The van der Waals surface area contributed by atoms with Crippen molar-refractivity contribution >= 4 is 72.5 Å². The quantitative estimate of drug-likeness (QED) is 0.480. The smallest absolute Gasteiger partial charge is 0.467 e. The maximum atomic E-state index is 6.20. The van der Waals surface area contributed by atoms with E-state index in [0.717, 1.165) is 0 Å². The van der Waals surface area contributed by atoms with Crippen molar-refractivity contribution in [2.75, 3.05) is 21.3 Å². The van der Waals surface area contributed by atoms with Crippen LogP contribution in [0.4, 0.5) is 0 Å². The van der Waals surface area contributed by atoms with Crippen molar-refractivity contribution < 1.29 is 27.9 Å². The third-order valence-corrected chi connectivity index (χ3v) is 6.02. The zero-order valence-electron chi connectivity index (χ0n) is 18.0. The van der Waals surface area contributed by atoms with Gasteiger partial charge in [0.15, 0.2) is 0 Å². The van der Waals surface area contributed by atoms with Gasteiger partial charge in [0.25, 0.3) is 0 Å². The fourth-order valence-electron chi connectivity index (χ4n) is 3.37. The second kappa shape index (κ2) is 10.5. The number of hydrogen-bond donors (Lipinski definition) is 0. The Bertz CT molecular complexity index is 1000. The molecule has 12 heteroatoms. The summed E-state index contributed by atoms with van der Waals surface area (Å²) in [6.45, 7) is 0. The maximum absolute atomic E-state index is 6.20. The maximum Gasteiger partial charge on any atom is 0.467 e. The zero-order chi connectivity index (χ0) is 23.5. The molecule has 3 aromatic rings. The van der Waals surface area contributed by atoms with Crippen molar-refractivity contribution in [2.24, 2.45) is 0 Å². The molecular formula is C21H18B3Cl3O6. The average Bonchev–Trinajstić information content (AvgIpc) is 2.84. The van der Waals surface area contributed by atoms with E-state index in [1.165, 1.54) is 0 Å². The number of halogens is 3. The van der Waals surface area contributed by atoms with E-state index in [4.69, 9.17) is 62.7 Å². The van der Waals surface area contributed by atoms with E-state index in [1.807, 2.05) is 0 Å². The normalized spacial score (nSPS) is 13.8. The van der Waals surface area contributed by atoms with E-state index < -0.39 is 21.4 Å². The predicted octanol–water partition coefficient (Wildman–Crippen LogP) is 3.22. The first-order valence-electron chi connectivity index (χ1n) is 9.90. The predicted molar refractivity (Wildman–Crippen MR) is 133 cm³/mol. The van der Waals surface area contributed by atoms with Gasteiger partial charge in [0.05, 0.1) is 36.4 Å². The number of methoxy groups -OCH3 is 3. The molecule has 0 saturated carbocycles. The van der Waals surface area contributed by atoms with Crippen molar-refractivity contribution in [3.05, 3.63) is 69.7 Å². The third-order valence-electron chi connectivity index (χ3n) is 5.08. The molecule has 0 amide bonds. The Balaban J connectivity index is 1.73. The van der Waals surface area contributed by atoms with Crippen LogP contribution in [-0.4, -0.2) is 42.7 Å². The standard InChI is InChI=1S/C21H18B3Cl3O6/c1-28-19-10-13(4-7-16(19)25)22-31-23(14-5-8-17(26)20(11-14)29-2)33-24(32-22)15-6-9-18(27)21(12-15)30-3/h4-12H,1-3H3. The van der Waals surface area contributed by atoms with E-state index in [-0.39, 0.29) is 0 Å². The lowest BCUT2D eigenvalue weighted by atomic mass is 9.61. The lowest BCUT2D eigenvalue weighted by molar-refractivity contribution is 0.308. The van der Waals surface area contributed by atoms with Crippen LogP contribution < -0.4 is 30.6 Å². The van der Waals surface area contributed by atoms with Gasteiger partial charge in [-0.1, -0.05) is 53.0 Å². The van der Waals surface area contributed by atoms with Crippen molar-refractivity contribution in [1.82, 2.24) is 0 Å². The van der Waals surface area contributed by atoms with Crippen molar-refractivity contribution in [1.29, 1.82) is 0 Å². The molecule has 6 nitrogen and oxygen atoms in total. The highest BCUT2D eigenvalue weighted by Crippen LogP contribution is 2.26. The Labute approximate surface area is 208 Å². The van der Waals surface area contributed by atoms with Crippen LogP contribution in [0.1, 0.15) is 0 Å². The minimum atomic E-state index is -0.789. The Kier molecular flexibility index (Phi) is 7.69. The van der Waals surface area contributed by atoms with Crippen LogP contribution in [0.2, 0.25) is 15.1 Å². The molecule has 0 atom stereocenters. The molecule has 0 N–H and O–H groups in total. The number of hydrogen-bond acceptors (Lipinski definition) is 6. The van der Waals surface area contributed by atoms with Crippen LogP contribution in [0, 0.1) is 0 Å². The second-order valence-corrected chi connectivity index (χ2v) is 8.31. The Morgan fingerprint density at radius 1 is 0.515 bits per heavy atom. The van der Waals surface area contributed by atoms with Crippen LogP contribution in [0.25, 0.3) is 0 Å². The van der Waals surface area contributed by atoms with Crippen LogP contribution >= 0.6 is 34.8 Å². The summed E-state index contributed by atoms with van der Waals surface area (Å²) in [6.07, 6.45) is 0. The lowest BCUT2D eigenvalue weighted by Gasteiger charge is -2.32. The summed E-state index contributed by atoms with van der Waals surface area (Å²) in [5.41, 5.74) is 2.12. The minimum Gasteiger partial charge on any atom is -0.495 e. The molecule has 1 aliphatic heterocycles. The fraction of sp³-hybridized carbons (Fsp3) is 0.143. The van der Waals surface area contributed by atoms with Crippen LogP contribution in [0.5, 0.6) is 17.2 Å². The molecule has 4 rings (SSSR count). The van der Waals surface area contributed by atoms with Gasteiger partial charge in [0, 0.05) is 0 Å². The molecule has 1 saturated heterocycles. The molecular weight excluding hydrogens is 487 g/mol. The first kappa shape index (κ1) is 24.1. The third kappa shape index (κ3) is 5.24. The van der Waals surface area contributed by atoms with E-state index in [0.29, 0.717) is 48.7 Å². The molecule has 168 valence electrons. The summed E-state index contributed by atoms with van der Waals surface area (Å²) in [7, 11) is 2.27. The molecule has 0 radical (unpaired) electrons. The summed E-state index contributed by atoms with van der Waals surface area (Å²) in [4.78, 5) is 0. The Morgan fingerprint density at radius 2 is 0.788 bits per heavy atom. The van der Waals surface area contributed by atoms with Gasteiger partial charge in [-0.2, -0.15) is 0 Å². The SMILES string of the molecule is COc1cc(B2OB(c3ccc(Cl)c(OC)c3)OB(c3ccc(Cl)c(OC)c3)O2)ccc1Cl. The summed E-state index contributed by atoms with van der Waals surface area (Å²) < 4.78 is 34.6. The molecule has 0 aromatic heterocycles. The summed E-state index contributed by atoms with van der Waals surface area (Å²) in [5.74, 6) is 1.51. The fourth-order valence-corrected chi connectivity index (χ4v) is 3.96. The minimum absolute atomic E-state index is 0.478. The average molecular weight is 505 g/mol. The topological polar surface area (TPSA) is 55.4 Å². The molecule has 0 unspecified atom stereocenters. The van der Waals surface area contributed by atoms with Gasteiger partial charge in [-0.25, -0.2) is 0 Å². The summed E-state index contributed by atoms with van der Waals surface area (Å²) in [6, 6.07) is 15.9. The molecule has 0 bridgehead atoms. The van der Waals surface area contributed by atoms with Gasteiger partial charge >= 0.3 is 21.4 Å². The number of ether oxygens (including phenoxy) is 3. The zero-order valence-corrected chi connectivity index (χ0v) is 20.3. The largest absolute Gasteiger partial charge is 0.495 e. The Hall–Kier alpha value is -2.00. The monoisotopic (exact) mass is 504 g/mol. The van der Waals surface area contributed by atoms with Gasteiger partial charge in [-0.3, -0.25) is 0 Å². The van der Waals surface area contributed by atoms with E-state index in [1.54, 1.807) is 75.9 Å². The van der Waals surface area contributed by atoms with E-state index >= 15 is 0 Å². The molecule has 1 aliphatic rings. The first-order chi connectivity index (χ1) is 15.9.